The number of halogens is 6. The first-order chi connectivity index (χ1) is 14.7. The lowest BCUT2D eigenvalue weighted by atomic mass is 10.0. The Bertz CT molecular complexity index is 1110. The summed E-state index contributed by atoms with van der Waals surface area (Å²) in [6.45, 7) is 2.82. The van der Waals surface area contributed by atoms with Gasteiger partial charge < -0.3 is 11.1 Å². The molecule has 14 heteroatoms. The summed E-state index contributed by atoms with van der Waals surface area (Å²) in [4.78, 5) is 24.6. The summed E-state index contributed by atoms with van der Waals surface area (Å²) < 4.78 is 79.7. The second-order valence-corrected chi connectivity index (χ2v) is 7.13. The fourth-order valence-corrected chi connectivity index (χ4v) is 2.77. The molecule has 2 aromatic heterocycles. The minimum Gasteiger partial charge on any atom is -0.366 e. The second kappa shape index (κ2) is 7.76. The fourth-order valence-electron chi connectivity index (χ4n) is 2.77. The Labute approximate surface area is 176 Å². The van der Waals surface area contributed by atoms with E-state index in [2.05, 4.69) is 25.4 Å². The van der Waals surface area contributed by atoms with E-state index in [0.29, 0.717) is 12.1 Å². The van der Waals surface area contributed by atoms with Crippen molar-refractivity contribution in [3.8, 4) is 5.95 Å². The van der Waals surface area contributed by atoms with Crippen LogP contribution in [0.2, 0.25) is 0 Å². The van der Waals surface area contributed by atoms with Crippen LogP contribution in [0.25, 0.3) is 5.95 Å². The minimum atomic E-state index is -5.09. The van der Waals surface area contributed by atoms with E-state index < -0.39 is 40.5 Å². The number of nitrogens with zero attached hydrogens (tertiary/aromatic N) is 5. The molecule has 3 aromatic rings. The molecule has 0 spiro atoms. The Morgan fingerprint density at radius 1 is 0.969 bits per heavy atom. The summed E-state index contributed by atoms with van der Waals surface area (Å²) >= 11 is 0. The number of alkyl halides is 6. The van der Waals surface area contributed by atoms with Crippen molar-refractivity contribution in [3.05, 3.63) is 59.2 Å². The SMILES string of the molecule is CC(C)(NC(=O)c1cc(C(F)(F)F)cc(C(F)(F)F)c1)c1nc(N)nn1-c1ncccn1. The molecule has 0 saturated heterocycles. The van der Waals surface area contributed by atoms with Crippen LogP contribution in [0.4, 0.5) is 32.3 Å². The van der Waals surface area contributed by atoms with Gasteiger partial charge in [0.1, 0.15) is 0 Å². The zero-order valence-corrected chi connectivity index (χ0v) is 16.5. The lowest BCUT2D eigenvalue weighted by molar-refractivity contribution is -0.143. The fraction of sp³-hybridized carbons (Fsp3) is 0.278. The Morgan fingerprint density at radius 3 is 2.00 bits per heavy atom. The summed E-state index contributed by atoms with van der Waals surface area (Å²) in [5.41, 5.74) is 0.119. The van der Waals surface area contributed by atoms with E-state index >= 15 is 0 Å². The number of nitrogens with two attached hydrogens (primary N) is 1. The number of benzene rings is 1. The van der Waals surface area contributed by atoms with Crippen molar-refractivity contribution in [2.75, 3.05) is 5.73 Å². The number of carbonyl (C=O) groups excluding carboxylic acids is 1. The molecule has 8 nitrogen and oxygen atoms in total. The second-order valence-electron chi connectivity index (χ2n) is 7.13. The number of rotatable bonds is 4. The highest BCUT2D eigenvalue weighted by Gasteiger charge is 2.38. The molecule has 0 aliphatic rings. The predicted molar refractivity (Wildman–Crippen MR) is 98.3 cm³/mol. The number of carbonyl (C=O) groups is 1. The quantitative estimate of drug-likeness (QED) is 0.579. The number of hydrogen-bond acceptors (Lipinski definition) is 6. The molecular formula is C18H15F6N7O. The molecule has 0 atom stereocenters. The van der Waals surface area contributed by atoms with Crippen molar-refractivity contribution in [2.45, 2.75) is 31.7 Å². The lowest BCUT2D eigenvalue weighted by Gasteiger charge is -2.25. The van der Waals surface area contributed by atoms with Crippen molar-refractivity contribution >= 4 is 11.9 Å². The first kappa shape index (κ1) is 23.0. The molecule has 1 aromatic carbocycles. The molecule has 0 unspecified atom stereocenters. The van der Waals surface area contributed by atoms with E-state index in [1.165, 1.54) is 32.3 Å². The molecule has 3 rings (SSSR count). The number of aromatic nitrogens is 5. The Balaban J connectivity index is 2.01. The van der Waals surface area contributed by atoms with Crippen LogP contribution in [-0.4, -0.2) is 30.6 Å². The smallest absolute Gasteiger partial charge is 0.366 e. The maximum Gasteiger partial charge on any atom is 0.416 e. The van der Waals surface area contributed by atoms with Crippen LogP contribution in [0.15, 0.2) is 36.7 Å². The van der Waals surface area contributed by atoms with E-state index in [1.807, 2.05) is 0 Å². The monoisotopic (exact) mass is 459 g/mol. The number of anilines is 1. The van der Waals surface area contributed by atoms with Crippen molar-refractivity contribution in [1.29, 1.82) is 0 Å². The van der Waals surface area contributed by atoms with Crippen LogP contribution in [0.1, 0.15) is 41.2 Å². The molecule has 32 heavy (non-hydrogen) atoms. The first-order valence-electron chi connectivity index (χ1n) is 8.81. The molecule has 170 valence electrons. The largest absolute Gasteiger partial charge is 0.416 e. The zero-order valence-electron chi connectivity index (χ0n) is 16.5. The maximum atomic E-state index is 13.1. The standard InChI is InChI=1S/C18H15F6N7O/c1-16(2,13-28-14(25)30-31(13)15-26-4-3-5-27-15)29-12(32)9-6-10(17(19,20)21)8-11(7-9)18(22,23)24/h3-8H,1-2H3,(H2,25,30)(H,29,32). The number of hydrogen-bond donors (Lipinski definition) is 2. The zero-order chi connectivity index (χ0) is 23.9. The highest BCUT2D eigenvalue weighted by Crippen LogP contribution is 2.36. The van der Waals surface area contributed by atoms with Crippen LogP contribution >= 0.6 is 0 Å². The third-order valence-corrected chi connectivity index (χ3v) is 4.20. The van der Waals surface area contributed by atoms with Crippen LogP contribution < -0.4 is 11.1 Å². The van der Waals surface area contributed by atoms with Gasteiger partial charge >= 0.3 is 12.4 Å². The summed E-state index contributed by atoms with van der Waals surface area (Å²) in [5, 5.41) is 6.29. The van der Waals surface area contributed by atoms with Crippen molar-refractivity contribution in [3.63, 3.8) is 0 Å². The number of nitrogen functional groups attached to an aromatic ring is 1. The normalized spacial score (nSPS) is 12.6. The highest BCUT2D eigenvalue weighted by molar-refractivity contribution is 5.95. The summed E-state index contributed by atoms with van der Waals surface area (Å²) in [6.07, 6.45) is -7.39. The van der Waals surface area contributed by atoms with Gasteiger partial charge in [-0.1, -0.05) is 0 Å². The van der Waals surface area contributed by atoms with Gasteiger partial charge in [-0.25, -0.2) is 9.97 Å². The molecular weight excluding hydrogens is 444 g/mol. The molecule has 0 fully saturated rings. The van der Waals surface area contributed by atoms with E-state index in [1.54, 1.807) is 0 Å². The molecule has 0 saturated carbocycles. The predicted octanol–water partition coefficient (Wildman–Crippen LogP) is 3.34. The van der Waals surface area contributed by atoms with Gasteiger partial charge in [-0.2, -0.15) is 36.0 Å². The average Bonchev–Trinajstić information content (AvgIpc) is 3.09. The van der Waals surface area contributed by atoms with E-state index in [0.717, 1.165) is 4.68 Å². The van der Waals surface area contributed by atoms with E-state index in [-0.39, 0.29) is 23.8 Å². The highest BCUT2D eigenvalue weighted by atomic mass is 19.4. The van der Waals surface area contributed by atoms with Gasteiger partial charge in [0.2, 0.25) is 5.95 Å². The molecule has 0 aliphatic carbocycles. The van der Waals surface area contributed by atoms with Gasteiger partial charge in [-0.05, 0) is 38.1 Å². The number of amides is 1. The van der Waals surface area contributed by atoms with Crippen LogP contribution in [-0.2, 0) is 17.9 Å². The van der Waals surface area contributed by atoms with Gasteiger partial charge in [-0.3, -0.25) is 4.79 Å². The molecule has 0 bridgehead atoms. The Hall–Kier alpha value is -3.71. The van der Waals surface area contributed by atoms with Crippen molar-refractivity contribution in [1.82, 2.24) is 30.0 Å². The molecule has 3 N–H and O–H groups in total. The molecule has 1 amide bonds. The van der Waals surface area contributed by atoms with Crippen molar-refractivity contribution in [2.24, 2.45) is 0 Å². The topological polar surface area (TPSA) is 112 Å². The average molecular weight is 459 g/mol. The Morgan fingerprint density at radius 2 is 1.50 bits per heavy atom. The molecule has 0 aliphatic heterocycles. The molecule has 2 heterocycles. The summed E-state index contributed by atoms with van der Waals surface area (Å²) in [6, 6.07) is 2.13. The number of nitrogens with one attached hydrogen (secondary N) is 1. The Kier molecular flexibility index (Phi) is 5.57. The third kappa shape index (κ3) is 4.78. The van der Waals surface area contributed by atoms with Gasteiger partial charge in [0.25, 0.3) is 11.9 Å². The first-order valence-corrected chi connectivity index (χ1v) is 8.81. The maximum absolute atomic E-state index is 13.1. The lowest BCUT2D eigenvalue weighted by Crippen LogP contribution is -2.43. The van der Waals surface area contributed by atoms with Gasteiger partial charge in [-0.15, -0.1) is 5.10 Å². The van der Waals surface area contributed by atoms with Gasteiger partial charge in [0, 0.05) is 18.0 Å². The van der Waals surface area contributed by atoms with Gasteiger partial charge in [0.15, 0.2) is 5.82 Å². The molecule has 0 radical (unpaired) electrons. The van der Waals surface area contributed by atoms with Gasteiger partial charge in [0.05, 0.1) is 16.7 Å². The van der Waals surface area contributed by atoms with E-state index in [9.17, 15) is 31.1 Å². The minimum absolute atomic E-state index is 0.00225. The van der Waals surface area contributed by atoms with Crippen molar-refractivity contribution < 1.29 is 31.1 Å². The summed E-state index contributed by atoms with van der Waals surface area (Å²) in [5.74, 6) is -1.38. The van der Waals surface area contributed by atoms with Crippen LogP contribution in [0, 0.1) is 0 Å². The van der Waals surface area contributed by atoms with Crippen LogP contribution in [0.5, 0.6) is 0 Å². The third-order valence-electron chi connectivity index (χ3n) is 4.20. The van der Waals surface area contributed by atoms with Crippen LogP contribution in [0.3, 0.4) is 0 Å². The van der Waals surface area contributed by atoms with E-state index in [4.69, 9.17) is 5.73 Å². The summed E-state index contributed by atoms with van der Waals surface area (Å²) in [7, 11) is 0.